The zero-order valence-corrected chi connectivity index (χ0v) is 21.8. The predicted molar refractivity (Wildman–Crippen MR) is 133 cm³/mol. The molecule has 1 aromatic carbocycles. The minimum atomic E-state index is -2.38. The van der Waals surface area contributed by atoms with Crippen molar-refractivity contribution in [2.75, 3.05) is 32.8 Å². The third-order valence-corrected chi connectivity index (χ3v) is 6.61. The van der Waals surface area contributed by atoms with E-state index >= 15 is 0 Å². The van der Waals surface area contributed by atoms with Crippen molar-refractivity contribution in [3.05, 3.63) is 24.0 Å². The number of fused-ring (bicyclic) bond motifs is 1. The van der Waals surface area contributed by atoms with Crippen LogP contribution < -0.4 is 15.0 Å². The summed E-state index contributed by atoms with van der Waals surface area (Å²) < 4.78 is 22.6. The minimum absolute atomic E-state index is 0.0359. The first-order valence-electron chi connectivity index (χ1n) is 12.0. The Balaban J connectivity index is 2.18. The van der Waals surface area contributed by atoms with Crippen LogP contribution in [0.3, 0.4) is 0 Å². The first-order chi connectivity index (χ1) is 15.6. The molecule has 1 atom stereocenters. The smallest absolute Gasteiger partial charge is 0.271 e. The Bertz CT molecular complexity index is 967. The number of aromatic nitrogens is 2. The molecule has 0 saturated carbocycles. The Kier molecular flexibility index (Phi) is 10.4. The van der Waals surface area contributed by atoms with E-state index < -0.39 is 13.2 Å². The Labute approximate surface area is 198 Å². The van der Waals surface area contributed by atoms with Crippen LogP contribution in [-0.2, 0) is 29.0 Å². The Morgan fingerprint density at radius 3 is 2.61 bits per heavy atom. The van der Waals surface area contributed by atoms with Crippen LogP contribution in [0.4, 0.5) is 0 Å². The second-order valence-electron chi connectivity index (χ2n) is 9.15. The van der Waals surface area contributed by atoms with Crippen LogP contribution in [0.25, 0.3) is 11.0 Å². The van der Waals surface area contributed by atoms with Gasteiger partial charge < -0.3 is 25.0 Å². The highest BCUT2D eigenvalue weighted by atomic mass is 31.2. The van der Waals surface area contributed by atoms with E-state index in [9.17, 15) is 14.5 Å². The summed E-state index contributed by atoms with van der Waals surface area (Å²) in [6, 6.07) is 5.88. The van der Waals surface area contributed by atoms with Gasteiger partial charge in [-0.25, -0.2) is 9.13 Å². The quantitative estimate of drug-likeness (QED) is 0.245. The second-order valence-corrected chi connectivity index (χ2v) is 12.6. The molecular weight excluding hydrogens is 439 g/mol. The van der Waals surface area contributed by atoms with Gasteiger partial charge in [-0.05, 0) is 45.7 Å². The van der Waals surface area contributed by atoms with E-state index in [1.54, 1.807) is 25.2 Å². The zero-order valence-electron chi connectivity index (χ0n) is 20.9. The van der Waals surface area contributed by atoms with E-state index in [2.05, 4.69) is 18.4 Å². The monoisotopic (exact) mass is 481 g/mol. The van der Waals surface area contributed by atoms with Crippen LogP contribution in [0.1, 0.15) is 52.3 Å². The largest absolute Gasteiger partial charge is 0.492 e. The van der Waals surface area contributed by atoms with Crippen molar-refractivity contribution in [1.29, 1.82) is 0 Å². The Hall–Kier alpha value is -1.89. The number of aryl methyl sites for hydroxylation is 1. The summed E-state index contributed by atoms with van der Waals surface area (Å²) in [6.07, 6.45) is 3.16. The van der Waals surface area contributed by atoms with Crippen LogP contribution in [-0.4, -0.2) is 59.4 Å². The average Bonchev–Trinajstić information content (AvgIpc) is 3.03. The van der Waals surface area contributed by atoms with Crippen molar-refractivity contribution in [3.8, 4) is 5.75 Å². The first-order valence-corrected chi connectivity index (χ1v) is 14.8. The van der Waals surface area contributed by atoms with E-state index in [-0.39, 0.29) is 12.2 Å². The summed E-state index contributed by atoms with van der Waals surface area (Å²) in [4.78, 5) is 14.4. The summed E-state index contributed by atoms with van der Waals surface area (Å²) in [5.41, 5.74) is 8.02. The van der Waals surface area contributed by atoms with Crippen molar-refractivity contribution >= 4 is 24.1 Å². The van der Waals surface area contributed by atoms with Gasteiger partial charge in [0.2, 0.25) is 5.91 Å². The number of hydrogen-bond acceptors (Lipinski definition) is 5. The normalized spacial score (nSPS) is 12.8. The summed E-state index contributed by atoms with van der Waals surface area (Å²) in [5, 5.41) is 10.00. The number of ether oxygens (including phenoxy) is 1. The number of nitrogens with zero attached hydrogens (tertiary/aromatic N) is 3. The maximum atomic E-state index is 12.7. The van der Waals surface area contributed by atoms with Gasteiger partial charge in [0.05, 0.1) is 32.0 Å². The molecule has 0 unspecified atom stereocenters. The number of benzene rings is 1. The molecule has 0 bridgehead atoms. The molecule has 0 aliphatic heterocycles. The fraction of sp³-hybridized carbons (Fsp3) is 0.667. The first kappa shape index (κ1) is 27.4. The van der Waals surface area contributed by atoms with Crippen molar-refractivity contribution in [3.63, 3.8) is 0 Å². The summed E-state index contributed by atoms with van der Waals surface area (Å²) in [5.74, 6) is 1.68. The third-order valence-electron chi connectivity index (χ3n) is 5.59. The molecule has 9 heteroatoms. The fourth-order valence-corrected chi connectivity index (χ4v) is 5.27. The molecule has 0 fully saturated rings. The van der Waals surface area contributed by atoms with Crippen molar-refractivity contribution in [2.45, 2.75) is 72.2 Å². The SMILES string of the molecule is CCCCCC(=O)N(CCOc1ccc2c(c1)n(C[C@H](C)O)c(CN)[n+]2CC)CP(C)(C)=O. The molecule has 8 nitrogen and oxygen atoms in total. The minimum Gasteiger partial charge on any atom is -0.492 e. The lowest BCUT2D eigenvalue weighted by Crippen LogP contribution is -2.38. The van der Waals surface area contributed by atoms with Crippen molar-refractivity contribution < 1.29 is 23.8 Å². The van der Waals surface area contributed by atoms with Crippen LogP contribution in [0.5, 0.6) is 5.75 Å². The highest BCUT2D eigenvalue weighted by Crippen LogP contribution is 2.36. The lowest BCUT2D eigenvalue weighted by Gasteiger charge is -2.24. The molecule has 1 amide bonds. The third kappa shape index (κ3) is 7.83. The zero-order chi connectivity index (χ0) is 24.6. The number of hydrogen-bond donors (Lipinski definition) is 2. The van der Waals surface area contributed by atoms with E-state index in [1.165, 1.54) is 0 Å². The standard InChI is InChI=1S/C24H42N4O4P/c1-6-8-9-10-24(30)26(18-33(4,5)31)13-14-32-20-11-12-21-22(15-20)28(17-19(3)29)23(16-25)27(21)7-2/h11-12,15,19,29H,6-10,13-14,16-18,25H2,1-5H3/q+1/t19-/m0/s1. The molecule has 186 valence electrons. The number of rotatable bonds is 14. The molecule has 2 rings (SSSR count). The summed E-state index contributed by atoms with van der Waals surface area (Å²) in [7, 11) is -2.38. The topological polar surface area (TPSA) is 102 Å². The number of carbonyl (C=O) groups is 1. The molecular formula is C24H42N4O4P+. The number of nitrogens with two attached hydrogens (primary N) is 1. The van der Waals surface area contributed by atoms with E-state index in [0.29, 0.717) is 38.4 Å². The Morgan fingerprint density at radius 2 is 2.03 bits per heavy atom. The lowest BCUT2D eigenvalue weighted by molar-refractivity contribution is -0.676. The molecule has 1 heterocycles. The van der Waals surface area contributed by atoms with Gasteiger partial charge in [-0.2, -0.15) is 0 Å². The predicted octanol–water partition coefficient (Wildman–Crippen LogP) is 3.16. The molecule has 0 aliphatic carbocycles. The number of imidazole rings is 1. The van der Waals surface area contributed by atoms with Crippen LogP contribution in [0.15, 0.2) is 18.2 Å². The van der Waals surface area contributed by atoms with Crippen molar-refractivity contribution in [1.82, 2.24) is 9.47 Å². The maximum absolute atomic E-state index is 12.7. The van der Waals surface area contributed by atoms with Gasteiger partial charge in [0.1, 0.15) is 26.0 Å². The molecule has 0 aliphatic rings. The van der Waals surface area contributed by atoms with Gasteiger partial charge in [0.25, 0.3) is 5.82 Å². The Morgan fingerprint density at radius 1 is 1.30 bits per heavy atom. The molecule has 2 aromatic rings. The van der Waals surface area contributed by atoms with Crippen LogP contribution in [0.2, 0.25) is 0 Å². The van der Waals surface area contributed by atoms with Gasteiger partial charge in [-0.15, -0.1) is 0 Å². The van der Waals surface area contributed by atoms with Gasteiger partial charge in [0, 0.05) is 12.5 Å². The number of amides is 1. The van der Waals surface area contributed by atoms with Gasteiger partial charge >= 0.3 is 0 Å². The van der Waals surface area contributed by atoms with E-state index in [1.807, 2.05) is 22.8 Å². The van der Waals surface area contributed by atoms with E-state index in [4.69, 9.17) is 10.5 Å². The summed E-state index contributed by atoms with van der Waals surface area (Å²) in [6.45, 7) is 11.7. The average molecular weight is 482 g/mol. The highest BCUT2D eigenvalue weighted by Gasteiger charge is 2.25. The number of unbranched alkanes of at least 4 members (excludes halogenated alkanes) is 2. The molecule has 0 radical (unpaired) electrons. The molecule has 0 saturated heterocycles. The summed E-state index contributed by atoms with van der Waals surface area (Å²) >= 11 is 0. The second kappa shape index (κ2) is 12.5. The van der Waals surface area contributed by atoms with E-state index in [0.717, 1.165) is 42.7 Å². The lowest BCUT2D eigenvalue weighted by atomic mass is 10.2. The molecule has 33 heavy (non-hydrogen) atoms. The number of aliphatic hydroxyl groups excluding tert-OH is 1. The highest BCUT2D eigenvalue weighted by molar-refractivity contribution is 7.62. The molecule has 3 N–H and O–H groups in total. The maximum Gasteiger partial charge on any atom is 0.271 e. The van der Waals surface area contributed by atoms with Gasteiger partial charge in [-0.1, -0.05) is 19.8 Å². The molecule has 1 aromatic heterocycles. The van der Waals surface area contributed by atoms with Gasteiger partial charge in [-0.3, -0.25) is 4.79 Å². The number of carbonyl (C=O) groups excluding carboxylic acids is 1. The van der Waals surface area contributed by atoms with Crippen molar-refractivity contribution in [2.24, 2.45) is 5.73 Å². The number of aliphatic hydroxyl groups is 1. The fourth-order valence-electron chi connectivity index (χ4n) is 4.15. The molecule has 0 spiro atoms. The van der Waals surface area contributed by atoms with Gasteiger partial charge in [0.15, 0.2) is 11.0 Å². The van der Waals surface area contributed by atoms with Crippen LogP contribution >= 0.6 is 7.14 Å². The van der Waals surface area contributed by atoms with Crippen LogP contribution in [0, 0.1) is 0 Å².